The smallest absolute Gasteiger partial charge is 0.220 e. The van der Waals surface area contributed by atoms with Crippen LogP contribution in [-0.4, -0.2) is 43.1 Å². The molecule has 1 aromatic rings. The van der Waals surface area contributed by atoms with E-state index in [0.29, 0.717) is 41.3 Å². The molecular weight excluding hydrogens is 335 g/mol. The molecule has 0 radical (unpaired) electrons. The molecule has 0 aromatic heterocycles. The Balaban J connectivity index is 1.61. The van der Waals surface area contributed by atoms with Gasteiger partial charge in [0.05, 0.1) is 11.6 Å². The number of carbonyl (C=O) groups excluding carboxylic acids is 1. The Morgan fingerprint density at radius 1 is 1.43 bits per heavy atom. The van der Waals surface area contributed by atoms with E-state index in [9.17, 15) is 4.79 Å². The summed E-state index contributed by atoms with van der Waals surface area (Å²) in [6, 6.07) is 5.61. The number of hydrogen-bond donors (Lipinski definition) is 1. The maximum atomic E-state index is 11.9. The molecule has 0 bridgehead atoms. The van der Waals surface area contributed by atoms with Gasteiger partial charge in [-0.1, -0.05) is 30.1 Å². The summed E-state index contributed by atoms with van der Waals surface area (Å²) >= 11 is 11.9. The number of ether oxygens (including phenoxy) is 1. The SMILES string of the molecule is CCN1CCCC1CNC(=O)CCCOc1ccc(Cl)cc1Cl. The summed E-state index contributed by atoms with van der Waals surface area (Å²) in [4.78, 5) is 14.3. The molecule has 4 nitrogen and oxygen atoms in total. The average Bonchev–Trinajstić information content (AvgIpc) is 2.98. The van der Waals surface area contributed by atoms with Crippen LogP contribution >= 0.6 is 23.2 Å². The third-order valence-corrected chi connectivity index (χ3v) is 4.67. The van der Waals surface area contributed by atoms with Gasteiger partial charge < -0.3 is 10.1 Å². The van der Waals surface area contributed by atoms with E-state index in [1.54, 1.807) is 18.2 Å². The lowest BCUT2D eigenvalue weighted by molar-refractivity contribution is -0.121. The lowest BCUT2D eigenvalue weighted by Gasteiger charge is -2.22. The zero-order chi connectivity index (χ0) is 16.7. The molecule has 0 saturated carbocycles. The second-order valence-corrected chi connectivity index (χ2v) is 6.60. The Kier molecular flexibility index (Phi) is 7.47. The fourth-order valence-electron chi connectivity index (χ4n) is 2.87. The van der Waals surface area contributed by atoms with Crippen LogP contribution in [0.15, 0.2) is 18.2 Å². The lowest BCUT2D eigenvalue weighted by atomic mass is 10.2. The number of amides is 1. The fraction of sp³-hybridized carbons (Fsp3) is 0.588. The van der Waals surface area contributed by atoms with E-state index in [4.69, 9.17) is 27.9 Å². The summed E-state index contributed by atoms with van der Waals surface area (Å²) in [6.07, 6.45) is 3.52. The second-order valence-electron chi connectivity index (χ2n) is 5.76. The van der Waals surface area contributed by atoms with Gasteiger partial charge >= 0.3 is 0 Å². The zero-order valence-corrected chi connectivity index (χ0v) is 15.0. The summed E-state index contributed by atoms with van der Waals surface area (Å²) in [5, 5.41) is 4.09. The van der Waals surface area contributed by atoms with E-state index in [1.807, 2.05) is 0 Å². The quantitative estimate of drug-likeness (QED) is 0.719. The number of likely N-dealkylation sites (tertiary alicyclic amines) is 1. The monoisotopic (exact) mass is 358 g/mol. The van der Waals surface area contributed by atoms with Crippen LogP contribution in [0.1, 0.15) is 32.6 Å². The van der Waals surface area contributed by atoms with Gasteiger partial charge in [0.2, 0.25) is 5.91 Å². The Labute approximate surface area is 148 Å². The highest BCUT2D eigenvalue weighted by Gasteiger charge is 2.22. The first-order valence-electron chi connectivity index (χ1n) is 8.18. The highest BCUT2D eigenvalue weighted by atomic mass is 35.5. The first-order valence-corrected chi connectivity index (χ1v) is 8.94. The van der Waals surface area contributed by atoms with Crippen LogP contribution in [0.4, 0.5) is 0 Å². The Morgan fingerprint density at radius 2 is 2.26 bits per heavy atom. The first-order chi connectivity index (χ1) is 11.1. The number of benzene rings is 1. The molecule has 1 heterocycles. The van der Waals surface area contributed by atoms with Crippen molar-refractivity contribution in [2.75, 3.05) is 26.2 Å². The molecule has 23 heavy (non-hydrogen) atoms. The number of nitrogens with one attached hydrogen (secondary N) is 1. The van der Waals surface area contributed by atoms with Crippen molar-refractivity contribution in [2.45, 2.75) is 38.6 Å². The second kappa shape index (κ2) is 9.36. The van der Waals surface area contributed by atoms with Gasteiger partial charge in [-0.2, -0.15) is 0 Å². The first kappa shape index (κ1) is 18.4. The van der Waals surface area contributed by atoms with Gasteiger partial charge in [0.15, 0.2) is 0 Å². The van der Waals surface area contributed by atoms with Crippen molar-refractivity contribution in [3.8, 4) is 5.75 Å². The minimum Gasteiger partial charge on any atom is -0.492 e. The van der Waals surface area contributed by atoms with Gasteiger partial charge in [-0.05, 0) is 50.6 Å². The summed E-state index contributed by atoms with van der Waals surface area (Å²) < 4.78 is 5.58. The van der Waals surface area contributed by atoms with Crippen molar-refractivity contribution in [3.63, 3.8) is 0 Å². The molecular formula is C17H24Cl2N2O2. The van der Waals surface area contributed by atoms with Gasteiger partial charge in [0.1, 0.15) is 5.75 Å². The largest absolute Gasteiger partial charge is 0.492 e. The van der Waals surface area contributed by atoms with Gasteiger partial charge in [-0.3, -0.25) is 9.69 Å². The van der Waals surface area contributed by atoms with Gasteiger partial charge in [0, 0.05) is 24.0 Å². The molecule has 128 valence electrons. The standard InChI is InChI=1S/C17H24Cl2N2O2/c1-2-21-9-3-5-14(21)12-20-17(22)6-4-10-23-16-8-7-13(18)11-15(16)19/h7-8,11,14H,2-6,9-10,12H2,1H3,(H,20,22). The van der Waals surface area contributed by atoms with E-state index in [2.05, 4.69) is 17.1 Å². The van der Waals surface area contributed by atoms with Crippen molar-refractivity contribution in [3.05, 3.63) is 28.2 Å². The van der Waals surface area contributed by atoms with E-state index < -0.39 is 0 Å². The molecule has 1 amide bonds. The Hall–Kier alpha value is -0.970. The molecule has 1 aliphatic heterocycles. The van der Waals surface area contributed by atoms with Crippen LogP contribution in [0.2, 0.25) is 10.0 Å². The molecule has 6 heteroatoms. The van der Waals surface area contributed by atoms with Crippen LogP contribution in [0.5, 0.6) is 5.75 Å². The molecule has 1 aliphatic rings. The summed E-state index contributed by atoms with van der Waals surface area (Å²) in [6.45, 7) is 5.57. The van der Waals surface area contributed by atoms with Crippen molar-refractivity contribution in [1.29, 1.82) is 0 Å². The number of halogens is 2. The minimum absolute atomic E-state index is 0.0822. The summed E-state index contributed by atoms with van der Waals surface area (Å²) in [5.74, 6) is 0.680. The third-order valence-electron chi connectivity index (χ3n) is 4.14. The van der Waals surface area contributed by atoms with Crippen LogP contribution < -0.4 is 10.1 Å². The van der Waals surface area contributed by atoms with Crippen LogP contribution in [-0.2, 0) is 4.79 Å². The van der Waals surface area contributed by atoms with Crippen molar-refractivity contribution < 1.29 is 9.53 Å². The summed E-state index contributed by atoms with van der Waals surface area (Å²) in [7, 11) is 0. The maximum Gasteiger partial charge on any atom is 0.220 e. The molecule has 0 aliphatic carbocycles. The van der Waals surface area contributed by atoms with Crippen molar-refractivity contribution >= 4 is 29.1 Å². The third kappa shape index (κ3) is 5.87. The molecule has 1 atom stereocenters. The zero-order valence-electron chi connectivity index (χ0n) is 13.5. The molecule has 1 aromatic carbocycles. The highest BCUT2D eigenvalue weighted by molar-refractivity contribution is 6.35. The van der Waals surface area contributed by atoms with E-state index in [1.165, 1.54) is 12.8 Å². The van der Waals surface area contributed by atoms with E-state index >= 15 is 0 Å². The van der Waals surface area contributed by atoms with Crippen molar-refractivity contribution in [2.24, 2.45) is 0 Å². The van der Waals surface area contributed by atoms with E-state index in [-0.39, 0.29) is 5.91 Å². The number of likely N-dealkylation sites (N-methyl/N-ethyl adjacent to an activating group) is 1. The van der Waals surface area contributed by atoms with Crippen molar-refractivity contribution in [1.82, 2.24) is 10.2 Å². The van der Waals surface area contributed by atoms with Crippen LogP contribution in [0, 0.1) is 0 Å². The molecule has 1 fully saturated rings. The fourth-order valence-corrected chi connectivity index (χ4v) is 3.33. The van der Waals surface area contributed by atoms with Gasteiger partial charge in [-0.15, -0.1) is 0 Å². The number of carbonyl (C=O) groups is 1. The topological polar surface area (TPSA) is 41.6 Å². The highest BCUT2D eigenvalue weighted by Crippen LogP contribution is 2.27. The molecule has 0 spiro atoms. The Bertz CT molecular complexity index is 525. The number of hydrogen-bond acceptors (Lipinski definition) is 3. The predicted octanol–water partition coefficient (Wildman–Crippen LogP) is 3.75. The minimum atomic E-state index is 0.0822. The molecule has 1 unspecified atom stereocenters. The van der Waals surface area contributed by atoms with Gasteiger partial charge in [0.25, 0.3) is 0 Å². The lowest BCUT2D eigenvalue weighted by Crippen LogP contribution is -2.40. The molecule has 1 saturated heterocycles. The number of rotatable bonds is 8. The predicted molar refractivity (Wildman–Crippen MR) is 94.5 cm³/mol. The molecule has 2 rings (SSSR count). The van der Waals surface area contributed by atoms with Crippen LogP contribution in [0.25, 0.3) is 0 Å². The average molecular weight is 359 g/mol. The van der Waals surface area contributed by atoms with Gasteiger partial charge in [-0.25, -0.2) is 0 Å². The Morgan fingerprint density at radius 3 is 3.00 bits per heavy atom. The molecule has 1 N–H and O–H groups in total. The number of nitrogens with zero attached hydrogens (tertiary/aromatic N) is 1. The summed E-state index contributed by atoms with van der Waals surface area (Å²) in [5.41, 5.74) is 0. The van der Waals surface area contributed by atoms with E-state index in [0.717, 1.165) is 19.6 Å². The van der Waals surface area contributed by atoms with Crippen LogP contribution in [0.3, 0.4) is 0 Å². The maximum absolute atomic E-state index is 11.9. The normalized spacial score (nSPS) is 18.1.